The van der Waals surface area contributed by atoms with Gasteiger partial charge in [-0.25, -0.2) is 0 Å². The van der Waals surface area contributed by atoms with Crippen molar-refractivity contribution in [2.24, 2.45) is 11.8 Å². The van der Waals surface area contributed by atoms with Crippen molar-refractivity contribution >= 4 is 34.9 Å². The molecule has 0 spiro atoms. The second-order valence-electron chi connectivity index (χ2n) is 11.6. The maximum Gasteiger partial charge on any atom is 0.260 e. The van der Waals surface area contributed by atoms with E-state index in [-0.39, 0.29) is 24.0 Å². The minimum absolute atomic E-state index is 0.207. The van der Waals surface area contributed by atoms with Gasteiger partial charge in [0.05, 0.1) is 44.2 Å². The number of ketones is 1. The molecule has 3 aromatic carbocycles. The number of methoxy groups -OCH3 is 3. The van der Waals surface area contributed by atoms with Crippen LogP contribution >= 0.6 is 0 Å². The van der Waals surface area contributed by atoms with E-state index >= 15 is 0 Å². The molecule has 12 heteroatoms. The Balaban J connectivity index is 1.80. The average molecular weight is 662 g/mol. The van der Waals surface area contributed by atoms with Crippen LogP contribution in [0.2, 0.25) is 0 Å². The fraction of sp³-hybridized carbons (Fsp3) is 0.389. The largest absolute Gasteiger partial charge is 0.495 e. The van der Waals surface area contributed by atoms with Crippen molar-refractivity contribution in [3.63, 3.8) is 0 Å². The summed E-state index contributed by atoms with van der Waals surface area (Å²) in [5.74, 6) is -4.68. The van der Waals surface area contributed by atoms with Crippen molar-refractivity contribution in [1.82, 2.24) is 4.90 Å². The van der Waals surface area contributed by atoms with Gasteiger partial charge in [-0.1, -0.05) is 30.3 Å². The van der Waals surface area contributed by atoms with Crippen LogP contribution in [0.15, 0.2) is 66.7 Å². The predicted octanol–water partition coefficient (Wildman–Crippen LogP) is 4.28. The van der Waals surface area contributed by atoms with Gasteiger partial charge in [-0.05, 0) is 62.7 Å². The number of anilines is 2. The van der Waals surface area contributed by atoms with Gasteiger partial charge in [-0.2, -0.15) is 0 Å². The Hall–Kier alpha value is -5.10. The molecule has 3 N–H and O–H groups in total. The smallest absolute Gasteiger partial charge is 0.260 e. The lowest BCUT2D eigenvalue weighted by molar-refractivity contribution is -0.151. The molecular weight excluding hydrogens is 618 g/mol. The number of hydrogen-bond acceptors (Lipinski definition) is 9. The third kappa shape index (κ3) is 7.71. The van der Waals surface area contributed by atoms with Gasteiger partial charge in [0.1, 0.15) is 23.2 Å². The van der Waals surface area contributed by atoms with E-state index in [0.717, 1.165) is 0 Å². The summed E-state index contributed by atoms with van der Waals surface area (Å²) < 4.78 is 22.2. The van der Waals surface area contributed by atoms with E-state index in [1.54, 1.807) is 71.6 Å². The van der Waals surface area contributed by atoms with Crippen LogP contribution in [0.4, 0.5) is 11.4 Å². The maximum atomic E-state index is 14.2. The molecule has 1 aliphatic carbocycles. The molecule has 1 aliphatic rings. The molecule has 4 atom stereocenters. The number of nitrogens with one attached hydrogen (secondary N) is 2. The Kier molecular flexibility index (Phi) is 11.7. The Morgan fingerprint density at radius 3 is 1.90 bits per heavy atom. The van der Waals surface area contributed by atoms with Crippen LogP contribution in [0.3, 0.4) is 0 Å². The van der Waals surface area contributed by atoms with Crippen LogP contribution in [-0.4, -0.2) is 80.1 Å². The standard InChI is InChI=1S/C36H43N3O9/c1-7-39(8-2)30(41)21-48-28-18-17-22(19-29(28)47-6)31-32(34(42)37-23-13-9-11-15-26(23)45-4)25(40)20-36(3,44)33(31)35(43)38-24-14-10-12-16-27(24)46-5/h9-19,31-33,44H,7-8,20-21H2,1-6H3,(H,37,42)(H,38,43). The fourth-order valence-electron chi connectivity index (χ4n) is 6.23. The first-order valence-electron chi connectivity index (χ1n) is 15.7. The Morgan fingerprint density at radius 2 is 1.35 bits per heavy atom. The number of amides is 3. The molecule has 1 saturated carbocycles. The molecule has 0 radical (unpaired) electrons. The quantitative estimate of drug-likeness (QED) is 0.228. The molecule has 48 heavy (non-hydrogen) atoms. The number of carbonyl (C=O) groups is 4. The normalized spacial score (nSPS) is 20.3. The monoisotopic (exact) mass is 661 g/mol. The summed E-state index contributed by atoms with van der Waals surface area (Å²) in [4.78, 5) is 56.3. The molecular formula is C36H43N3O9. The molecule has 0 saturated heterocycles. The highest BCUT2D eigenvalue weighted by Gasteiger charge is 2.56. The van der Waals surface area contributed by atoms with Crippen LogP contribution in [0.1, 0.15) is 38.7 Å². The van der Waals surface area contributed by atoms with Gasteiger partial charge < -0.3 is 39.6 Å². The van der Waals surface area contributed by atoms with E-state index in [1.807, 2.05) is 13.8 Å². The van der Waals surface area contributed by atoms with E-state index in [0.29, 0.717) is 41.5 Å². The van der Waals surface area contributed by atoms with Gasteiger partial charge in [0.15, 0.2) is 18.1 Å². The third-order valence-electron chi connectivity index (χ3n) is 8.60. The Morgan fingerprint density at radius 1 is 0.812 bits per heavy atom. The summed E-state index contributed by atoms with van der Waals surface area (Å²) in [6.45, 7) is 5.98. The molecule has 256 valence electrons. The molecule has 3 aromatic rings. The van der Waals surface area contributed by atoms with E-state index in [2.05, 4.69) is 10.6 Å². The maximum absolute atomic E-state index is 14.2. The topological polar surface area (TPSA) is 153 Å². The second-order valence-corrected chi connectivity index (χ2v) is 11.6. The van der Waals surface area contributed by atoms with Crippen LogP contribution < -0.4 is 29.6 Å². The lowest BCUT2D eigenvalue weighted by Gasteiger charge is -2.44. The first-order valence-corrected chi connectivity index (χ1v) is 15.7. The molecule has 0 heterocycles. The Labute approximate surface area is 280 Å². The molecule has 12 nitrogen and oxygen atoms in total. The van der Waals surface area contributed by atoms with E-state index < -0.39 is 47.4 Å². The zero-order valence-corrected chi connectivity index (χ0v) is 28.1. The number of likely N-dealkylation sites (N-methyl/N-ethyl adjacent to an activating group) is 1. The number of para-hydroxylation sites is 4. The van der Waals surface area contributed by atoms with Gasteiger partial charge in [0, 0.05) is 25.4 Å². The van der Waals surface area contributed by atoms with Crippen molar-refractivity contribution in [2.75, 3.05) is 51.7 Å². The van der Waals surface area contributed by atoms with Gasteiger partial charge >= 0.3 is 0 Å². The summed E-state index contributed by atoms with van der Waals surface area (Å²) in [5.41, 5.74) is -0.801. The zero-order valence-electron chi connectivity index (χ0n) is 28.1. The minimum Gasteiger partial charge on any atom is -0.495 e. The molecule has 0 bridgehead atoms. The summed E-state index contributed by atoms with van der Waals surface area (Å²) in [6.07, 6.45) is -0.455. The van der Waals surface area contributed by atoms with E-state index in [1.165, 1.54) is 28.3 Å². The van der Waals surface area contributed by atoms with Crippen molar-refractivity contribution in [3.8, 4) is 23.0 Å². The van der Waals surface area contributed by atoms with Crippen molar-refractivity contribution < 1.29 is 43.2 Å². The van der Waals surface area contributed by atoms with Crippen molar-refractivity contribution in [1.29, 1.82) is 0 Å². The lowest BCUT2D eigenvalue weighted by atomic mass is 9.61. The third-order valence-corrected chi connectivity index (χ3v) is 8.60. The molecule has 1 fully saturated rings. The Bertz CT molecular complexity index is 1640. The summed E-state index contributed by atoms with van der Waals surface area (Å²) in [7, 11) is 4.34. The summed E-state index contributed by atoms with van der Waals surface area (Å²) in [5, 5.41) is 17.4. The number of hydrogen-bond donors (Lipinski definition) is 3. The SMILES string of the molecule is CCN(CC)C(=O)COc1ccc(C2C(C(=O)Nc3ccccc3OC)C(=O)CC(C)(O)C2C(=O)Nc2ccccc2OC)cc1OC. The number of Topliss-reactive ketones (excluding diaryl/α,β-unsaturated/α-hetero) is 1. The highest BCUT2D eigenvalue weighted by Crippen LogP contribution is 2.48. The molecule has 4 unspecified atom stereocenters. The first kappa shape index (κ1) is 35.7. The van der Waals surface area contributed by atoms with Crippen molar-refractivity contribution in [2.45, 2.75) is 38.7 Å². The lowest BCUT2D eigenvalue weighted by Crippen LogP contribution is -2.56. The van der Waals surface area contributed by atoms with Gasteiger partial charge in [-0.15, -0.1) is 0 Å². The summed E-state index contributed by atoms with van der Waals surface area (Å²) >= 11 is 0. The van der Waals surface area contributed by atoms with Gasteiger partial charge in [-0.3, -0.25) is 19.2 Å². The number of benzene rings is 3. The fourth-order valence-corrected chi connectivity index (χ4v) is 6.23. The predicted molar refractivity (Wildman–Crippen MR) is 180 cm³/mol. The van der Waals surface area contributed by atoms with Crippen LogP contribution in [-0.2, 0) is 19.2 Å². The summed E-state index contributed by atoms with van der Waals surface area (Å²) in [6, 6.07) is 18.3. The second kappa shape index (κ2) is 15.7. The molecule has 3 amide bonds. The number of ether oxygens (including phenoxy) is 4. The molecule has 0 aliphatic heterocycles. The number of nitrogens with zero attached hydrogens (tertiary/aromatic N) is 1. The van der Waals surface area contributed by atoms with Crippen molar-refractivity contribution in [3.05, 3.63) is 72.3 Å². The number of rotatable bonds is 13. The van der Waals surface area contributed by atoms with Crippen LogP contribution in [0.5, 0.6) is 23.0 Å². The molecule has 0 aromatic heterocycles. The highest BCUT2D eigenvalue weighted by atomic mass is 16.5. The van der Waals surface area contributed by atoms with Crippen LogP contribution in [0.25, 0.3) is 0 Å². The number of aliphatic hydroxyl groups is 1. The highest BCUT2D eigenvalue weighted by molar-refractivity contribution is 6.11. The van der Waals surface area contributed by atoms with Gasteiger partial charge in [0.25, 0.3) is 5.91 Å². The van der Waals surface area contributed by atoms with E-state index in [4.69, 9.17) is 18.9 Å². The minimum atomic E-state index is -1.85. The van der Waals surface area contributed by atoms with E-state index in [9.17, 15) is 24.3 Å². The van der Waals surface area contributed by atoms with Gasteiger partial charge in [0.2, 0.25) is 11.8 Å². The number of carbonyl (C=O) groups excluding carboxylic acids is 4. The first-order chi connectivity index (χ1) is 23.0. The average Bonchev–Trinajstić information content (AvgIpc) is 3.07. The van der Waals surface area contributed by atoms with Crippen LogP contribution in [0, 0.1) is 11.8 Å². The zero-order chi connectivity index (χ0) is 35.0. The molecule has 4 rings (SSSR count).